The number of alkyl halides is 3. The number of hydrogen-bond acceptors (Lipinski definition) is 9. The molecule has 0 spiro atoms. The summed E-state index contributed by atoms with van der Waals surface area (Å²) in [7, 11) is 1.64. The van der Waals surface area contributed by atoms with Gasteiger partial charge in [-0.05, 0) is 109 Å². The molecule has 1 aromatic heterocycles. The summed E-state index contributed by atoms with van der Waals surface area (Å²) in [5.74, 6) is -1.10. The van der Waals surface area contributed by atoms with E-state index in [-0.39, 0.29) is 58.2 Å². The molecule has 3 heterocycles. The number of carbonyl (C=O) groups excluding carboxylic acids is 4. The van der Waals surface area contributed by atoms with Gasteiger partial charge in [-0.1, -0.05) is 59.9 Å². The number of rotatable bonds is 11. The third kappa shape index (κ3) is 11.7. The Labute approximate surface area is 370 Å². The fraction of sp³-hybridized carbons (Fsp3) is 0.488. The number of ether oxygens (including phenoxy) is 4. The minimum atomic E-state index is -1.08. The van der Waals surface area contributed by atoms with Crippen LogP contribution in [0.2, 0.25) is 5.02 Å². The van der Waals surface area contributed by atoms with E-state index in [1.165, 1.54) is 11.0 Å². The Hall–Kier alpha value is -3.85. The van der Waals surface area contributed by atoms with Crippen molar-refractivity contribution in [3.63, 3.8) is 0 Å². The Kier molecular flexibility index (Phi) is 17.7. The third-order valence-corrected chi connectivity index (χ3v) is 10.9. The van der Waals surface area contributed by atoms with E-state index in [0.717, 1.165) is 55.0 Å². The maximum Gasteiger partial charge on any atom is 0.427 e. The van der Waals surface area contributed by atoms with Crippen LogP contribution in [0.25, 0.3) is 0 Å². The molecule has 3 aliphatic rings. The zero-order valence-electron chi connectivity index (χ0n) is 35.0. The molecular weight excluding hydrogens is 863 g/mol. The first kappa shape index (κ1) is 48.8. The molecular formula is C43H52Cl4FN3O9. The third-order valence-electron chi connectivity index (χ3n) is 9.98. The van der Waals surface area contributed by atoms with Gasteiger partial charge in [0.05, 0.1) is 48.0 Å². The second-order valence-corrected chi connectivity index (χ2v) is 16.8. The van der Waals surface area contributed by atoms with Crippen molar-refractivity contribution < 1.29 is 46.9 Å². The molecule has 12 nitrogen and oxygen atoms in total. The molecule has 2 aliphatic heterocycles. The molecule has 328 valence electrons. The lowest BCUT2D eigenvalue weighted by Crippen LogP contribution is -2.45. The number of benzene rings is 2. The van der Waals surface area contributed by atoms with Gasteiger partial charge in [0, 0.05) is 13.2 Å². The number of imide groups is 1. The van der Waals surface area contributed by atoms with Gasteiger partial charge in [-0.25, -0.2) is 14.1 Å². The largest absolute Gasteiger partial charge is 0.489 e. The average molecular weight is 916 g/mol. The van der Waals surface area contributed by atoms with E-state index in [4.69, 9.17) is 69.8 Å². The van der Waals surface area contributed by atoms with Crippen LogP contribution in [0.15, 0.2) is 64.5 Å². The van der Waals surface area contributed by atoms with Gasteiger partial charge in [-0.15, -0.1) is 11.6 Å². The average Bonchev–Trinajstić information content (AvgIpc) is 4.02. The van der Waals surface area contributed by atoms with Crippen molar-refractivity contribution in [2.75, 3.05) is 35.9 Å². The highest BCUT2D eigenvalue weighted by molar-refractivity contribution is 6.53. The van der Waals surface area contributed by atoms with Gasteiger partial charge in [0.1, 0.15) is 35.0 Å². The van der Waals surface area contributed by atoms with Gasteiger partial charge in [-0.3, -0.25) is 14.4 Å². The summed E-state index contributed by atoms with van der Waals surface area (Å²) in [6, 6.07) is 12.0. The summed E-state index contributed by atoms with van der Waals surface area (Å²) in [4.78, 5) is 51.2. The first-order chi connectivity index (χ1) is 28.4. The van der Waals surface area contributed by atoms with Crippen molar-refractivity contribution in [3.05, 3.63) is 87.8 Å². The second-order valence-electron chi connectivity index (χ2n) is 15.1. The standard InChI is InChI=1S/C17H17ClFNO4.C15H22ClNO2.C11H13Cl2NO3/c1-9(2)15-16(21)20(17(22)24-15)13-8-14(11(18)7-12(13)19)23-10-5-3-4-6-10;1-5-13-8-6-7-11(2)15(13)17(14(18)9-16)12(3)10-19-4;1-11(2)14(10(15)9(12)13)6-8(17-11)7-4-3-5-16-7/h7-8,10H,3-6H2,1-2H3;6-8,12H,5,9-10H2,1-4H3;3-5,8-9H,6H2,1-2H3. The molecule has 0 radical (unpaired) electrons. The van der Waals surface area contributed by atoms with Crippen LogP contribution < -0.4 is 14.5 Å². The van der Waals surface area contributed by atoms with Crippen LogP contribution in [-0.2, 0) is 35.0 Å². The van der Waals surface area contributed by atoms with Crippen LogP contribution >= 0.6 is 46.4 Å². The van der Waals surface area contributed by atoms with E-state index >= 15 is 0 Å². The first-order valence-corrected chi connectivity index (χ1v) is 21.3. The lowest BCUT2D eigenvalue weighted by molar-refractivity contribution is -0.144. The number of allylic oxidation sites excluding steroid dienone is 1. The van der Waals surface area contributed by atoms with Gasteiger partial charge >= 0.3 is 12.0 Å². The summed E-state index contributed by atoms with van der Waals surface area (Å²) in [6.07, 6.45) is 5.17. The topological polar surface area (TPSA) is 128 Å². The number of amides is 4. The number of methoxy groups -OCH3 is 1. The molecule has 3 fully saturated rings. The molecule has 17 heteroatoms. The van der Waals surface area contributed by atoms with Crippen LogP contribution in [0.3, 0.4) is 0 Å². The maximum absolute atomic E-state index is 14.3. The quantitative estimate of drug-likeness (QED) is 0.136. The molecule has 1 aliphatic carbocycles. The Morgan fingerprint density at radius 1 is 1.08 bits per heavy atom. The van der Waals surface area contributed by atoms with Crippen LogP contribution in [0, 0.1) is 12.7 Å². The summed E-state index contributed by atoms with van der Waals surface area (Å²) >= 11 is 23.0. The monoisotopic (exact) mass is 913 g/mol. The summed E-state index contributed by atoms with van der Waals surface area (Å²) in [5, 5.41) is 0.102. The normalized spacial score (nSPS) is 17.8. The van der Waals surface area contributed by atoms with Crippen molar-refractivity contribution >= 4 is 81.6 Å². The van der Waals surface area contributed by atoms with E-state index in [1.807, 2.05) is 32.0 Å². The van der Waals surface area contributed by atoms with Crippen molar-refractivity contribution in [1.29, 1.82) is 0 Å². The minimum absolute atomic E-state index is 0.00962. The fourth-order valence-electron chi connectivity index (χ4n) is 7.10. The smallest absolute Gasteiger partial charge is 0.427 e. The summed E-state index contributed by atoms with van der Waals surface area (Å²) < 4.78 is 41.3. The van der Waals surface area contributed by atoms with Gasteiger partial charge in [0.25, 0.3) is 5.91 Å². The highest BCUT2D eigenvalue weighted by atomic mass is 35.5. The van der Waals surface area contributed by atoms with Crippen LogP contribution in [0.5, 0.6) is 5.75 Å². The van der Waals surface area contributed by atoms with Gasteiger partial charge in [0.2, 0.25) is 5.91 Å². The zero-order chi connectivity index (χ0) is 44.5. The molecule has 2 saturated heterocycles. The predicted molar refractivity (Wildman–Crippen MR) is 231 cm³/mol. The minimum Gasteiger partial charge on any atom is -0.489 e. The van der Waals surface area contributed by atoms with Crippen molar-refractivity contribution in [2.24, 2.45) is 0 Å². The highest BCUT2D eigenvalue weighted by Crippen LogP contribution is 2.39. The molecule has 2 atom stereocenters. The molecule has 2 unspecified atom stereocenters. The van der Waals surface area contributed by atoms with Crippen molar-refractivity contribution in [1.82, 2.24) is 4.90 Å². The fourth-order valence-corrected chi connectivity index (χ4v) is 7.66. The summed E-state index contributed by atoms with van der Waals surface area (Å²) in [5.41, 5.74) is 2.78. The zero-order valence-corrected chi connectivity index (χ0v) is 38.0. The Bertz CT molecular complexity index is 2020. The molecule has 60 heavy (non-hydrogen) atoms. The summed E-state index contributed by atoms with van der Waals surface area (Å²) in [6.45, 7) is 13.8. The van der Waals surface area contributed by atoms with Crippen LogP contribution in [0.4, 0.5) is 20.6 Å². The number of para-hydroxylation sites is 1. The van der Waals surface area contributed by atoms with Crippen LogP contribution in [0.1, 0.15) is 90.2 Å². The molecule has 0 bridgehead atoms. The number of cyclic esters (lactones) is 1. The number of aryl methyl sites for hydroxylation is 2. The molecule has 2 aromatic carbocycles. The van der Waals surface area contributed by atoms with Crippen LogP contribution in [-0.4, -0.2) is 77.6 Å². The SMILES string of the molecule is CC(C)=C1OC(=O)N(c2cc(OC3CCCC3)c(Cl)cc2F)C1=O.CC1(C)OC(c2ccco2)CN1C(=O)C(Cl)Cl.CCc1cccc(C)c1N(C(=O)CCl)C(C)COC. The van der Waals surface area contributed by atoms with E-state index in [2.05, 4.69) is 13.0 Å². The van der Waals surface area contributed by atoms with E-state index < -0.39 is 28.4 Å². The van der Waals surface area contributed by atoms with E-state index in [9.17, 15) is 23.6 Å². The Morgan fingerprint density at radius 3 is 2.32 bits per heavy atom. The van der Waals surface area contributed by atoms with E-state index in [1.54, 1.807) is 52.0 Å². The van der Waals surface area contributed by atoms with Gasteiger partial charge < -0.3 is 33.2 Å². The molecule has 6 rings (SSSR count). The van der Waals surface area contributed by atoms with Crippen molar-refractivity contribution in [3.8, 4) is 5.75 Å². The molecule has 1 saturated carbocycles. The van der Waals surface area contributed by atoms with Crippen molar-refractivity contribution in [2.45, 2.75) is 109 Å². The Morgan fingerprint density at radius 2 is 1.77 bits per heavy atom. The molecule has 4 amide bonds. The molecule has 0 N–H and O–H groups in total. The first-order valence-electron chi connectivity index (χ1n) is 19.5. The Balaban J connectivity index is 0.000000202. The van der Waals surface area contributed by atoms with E-state index in [0.29, 0.717) is 29.4 Å². The number of furan rings is 1. The number of hydrogen-bond donors (Lipinski definition) is 0. The molecule has 3 aromatic rings. The lowest BCUT2D eigenvalue weighted by Gasteiger charge is -2.31. The maximum atomic E-state index is 14.3. The second kappa shape index (κ2) is 21.8. The number of halogens is 5. The number of anilines is 2. The lowest BCUT2D eigenvalue weighted by atomic mass is 10.0. The number of nitrogens with zero attached hydrogens (tertiary/aromatic N) is 3. The van der Waals surface area contributed by atoms with Gasteiger partial charge in [-0.2, -0.15) is 0 Å². The predicted octanol–water partition coefficient (Wildman–Crippen LogP) is 10.5. The highest BCUT2D eigenvalue weighted by Gasteiger charge is 2.45. The van der Waals surface area contributed by atoms with Gasteiger partial charge in [0.15, 0.2) is 10.6 Å². The number of carbonyl (C=O) groups is 4.